The highest BCUT2D eigenvalue weighted by atomic mass is 79.9. The van der Waals surface area contributed by atoms with E-state index < -0.39 is 0 Å². The summed E-state index contributed by atoms with van der Waals surface area (Å²) in [5.74, 6) is 0.276. The fourth-order valence-corrected chi connectivity index (χ4v) is 2.55. The summed E-state index contributed by atoms with van der Waals surface area (Å²) < 4.78 is 6.37. The SMILES string of the molecule is Cc1cc(Br)ccc1C(=O)C1CCCOC1. The molecule has 0 radical (unpaired) electrons. The highest BCUT2D eigenvalue weighted by Gasteiger charge is 2.23. The Kier molecular flexibility index (Phi) is 3.77. The maximum Gasteiger partial charge on any atom is 0.168 e. The first-order chi connectivity index (χ1) is 7.68. The quantitative estimate of drug-likeness (QED) is 0.778. The van der Waals surface area contributed by atoms with Crippen molar-refractivity contribution in [3.63, 3.8) is 0 Å². The first-order valence-corrected chi connectivity index (χ1v) is 6.36. The molecule has 0 amide bonds. The second-order valence-corrected chi connectivity index (χ2v) is 5.15. The molecule has 0 saturated carbocycles. The number of benzene rings is 1. The number of hydrogen-bond donors (Lipinski definition) is 0. The van der Waals surface area contributed by atoms with Crippen molar-refractivity contribution >= 4 is 21.7 Å². The van der Waals surface area contributed by atoms with E-state index >= 15 is 0 Å². The summed E-state index contributed by atoms with van der Waals surface area (Å²) in [7, 11) is 0. The molecule has 3 heteroatoms. The summed E-state index contributed by atoms with van der Waals surface area (Å²) >= 11 is 3.41. The van der Waals surface area contributed by atoms with Gasteiger partial charge in [0, 0.05) is 22.6 Å². The Hall–Kier alpha value is -0.670. The van der Waals surface area contributed by atoms with Gasteiger partial charge in [0.15, 0.2) is 5.78 Å². The molecule has 86 valence electrons. The molecule has 0 N–H and O–H groups in total. The van der Waals surface area contributed by atoms with Crippen LogP contribution in [0.5, 0.6) is 0 Å². The minimum atomic E-state index is 0.0497. The Morgan fingerprint density at radius 2 is 2.31 bits per heavy atom. The number of carbonyl (C=O) groups is 1. The number of ether oxygens (including phenoxy) is 1. The van der Waals surface area contributed by atoms with E-state index in [0.29, 0.717) is 6.61 Å². The molecule has 1 heterocycles. The standard InChI is InChI=1S/C13H15BrO2/c1-9-7-11(14)4-5-12(9)13(15)10-3-2-6-16-8-10/h4-5,7,10H,2-3,6,8H2,1H3. The van der Waals surface area contributed by atoms with E-state index in [4.69, 9.17) is 4.74 Å². The van der Waals surface area contributed by atoms with Crippen LogP contribution in [0.25, 0.3) is 0 Å². The molecule has 1 unspecified atom stereocenters. The summed E-state index contributed by atoms with van der Waals surface area (Å²) in [5.41, 5.74) is 1.86. The molecule has 1 aromatic rings. The van der Waals surface area contributed by atoms with Crippen molar-refractivity contribution < 1.29 is 9.53 Å². The number of hydrogen-bond acceptors (Lipinski definition) is 2. The van der Waals surface area contributed by atoms with Gasteiger partial charge < -0.3 is 4.74 Å². The van der Waals surface area contributed by atoms with E-state index in [-0.39, 0.29) is 11.7 Å². The highest BCUT2D eigenvalue weighted by molar-refractivity contribution is 9.10. The van der Waals surface area contributed by atoms with E-state index in [1.54, 1.807) is 0 Å². The van der Waals surface area contributed by atoms with Crippen LogP contribution >= 0.6 is 15.9 Å². The molecule has 0 aliphatic carbocycles. The molecule has 0 aromatic heterocycles. The van der Waals surface area contributed by atoms with Crippen LogP contribution < -0.4 is 0 Å². The summed E-state index contributed by atoms with van der Waals surface area (Å²) in [5, 5.41) is 0. The summed E-state index contributed by atoms with van der Waals surface area (Å²) in [6, 6.07) is 5.80. The fraction of sp³-hybridized carbons (Fsp3) is 0.462. The van der Waals surface area contributed by atoms with Crippen LogP contribution in [0.2, 0.25) is 0 Å². The van der Waals surface area contributed by atoms with Gasteiger partial charge in [-0.05, 0) is 37.5 Å². The molecular weight excluding hydrogens is 268 g/mol. The highest BCUT2D eigenvalue weighted by Crippen LogP contribution is 2.23. The van der Waals surface area contributed by atoms with E-state index in [1.165, 1.54) is 0 Å². The fourth-order valence-electron chi connectivity index (χ4n) is 2.07. The van der Waals surface area contributed by atoms with Crippen molar-refractivity contribution in [3.8, 4) is 0 Å². The average molecular weight is 283 g/mol. The molecule has 1 atom stereocenters. The van der Waals surface area contributed by atoms with E-state index in [2.05, 4.69) is 15.9 Å². The minimum absolute atomic E-state index is 0.0497. The average Bonchev–Trinajstić information content (AvgIpc) is 2.29. The van der Waals surface area contributed by atoms with Crippen LogP contribution in [-0.4, -0.2) is 19.0 Å². The molecule has 1 saturated heterocycles. The van der Waals surface area contributed by atoms with Crippen LogP contribution in [0.15, 0.2) is 22.7 Å². The molecule has 1 aliphatic rings. The first-order valence-electron chi connectivity index (χ1n) is 5.56. The minimum Gasteiger partial charge on any atom is -0.381 e. The Labute approximate surface area is 104 Å². The lowest BCUT2D eigenvalue weighted by atomic mass is 9.91. The molecule has 2 nitrogen and oxygen atoms in total. The normalized spacial score (nSPS) is 20.8. The van der Waals surface area contributed by atoms with Crippen LogP contribution in [0.1, 0.15) is 28.8 Å². The van der Waals surface area contributed by atoms with Crippen molar-refractivity contribution in [2.45, 2.75) is 19.8 Å². The molecule has 0 spiro atoms. The van der Waals surface area contributed by atoms with Gasteiger partial charge >= 0.3 is 0 Å². The third-order valence-corrected chi connectivity index (χ3v) is 3.48. The zero-order chi connectivity index (χ0) is 11.5. The number of rotatable bonds is 2. The van der Waals surface area contributed by atoms with Crippen molar-refractivity contribution in [3.05, 3.63) is 33.8 Å². The van der Waals surface area contributed by atoms with Crippen molar-refractivity contribution in [1.82, 2.24) is 0 Å². The summed E-state index contributed by atoms with van der Waals surface area (Å²) in [6.45, 7) is 3.35. The lowest BCUT2D eigenvalue weighted by Gasteiger charge is -2.21. The molecule has 2 rings (SSSR count). The van der Waals surface area contributed by atoms with E-state index in [1.807, 2.05) is 25.1 Å². The maximum absolute atomic E-state index is 12.2. The van der Waals surface area contributed by atoms with Crippen LogP contribution in [0.3, 0.4) is 0 Å². The van der Waals surface area contributed by atoms with Gasteiger partial charge in [0.25, 0.3) is 0 Å². The Bertz CT molecular complexity index is 395. The molecule has 1 aromatic carbocycles. The van der Waals surface area contributed by atoms with Gasteiger partial charge in [-0.2, -0.15) is 0 Å². The summed E-state index contributed by atoms with van der Waals surface area (Å²) in [4.78, 5) is 12.2. The van der Waals surface area contributed by atoms with Crippen LogP contribution in [-0.2, 0) is 4.74 Å². The molecular formula is C13H15BrO2. The van der Waals surface area contributed by atoms with E-state index in [0.717, 1.165) is 35.0 Å². The zero-order valence-corrected chi connectivity index (χ0v) is 10.9. The van der Waals surface area contributed by atoms with Gasteiger partial charge in [-0.25, -0.2) is 0 Å². The van der Waals surface area contributed by atoms with Crippen molar-refractivity contribution in [1.29, 1.82) is 0 Å². The van der Waals surface area contributed by atoms with Gasteiger partial charge in [0.05, 0.1) is 6.61 Å². The lowest BCUT2D eigenvalue weighted by molar-refractivity contribution is 0.0461. The van der Waals surface area contributed by atoms with Gasteiger partial charge in [0.1, 0.15) is 0 Å². The molecule has 16 heavy (non-hydrogen) atoms. The van der Waals surface area contributed by atoms with Crippen molar-refractivity contribution in [2.24, 2.45) is 5.92 Å². The maximum atomic E-state index is 12.2. The Morgan fingerprint density at radius 1 is 1.50 bits per heavy atom. The predicted molar refractivity (Wildman–Crippen MR) is 66.8 cm³/mol. The third-order valence-electron chi connectivity index (χ3n) is 2.98. The lowest BCUT2D eigenvalue weighted by Crippen LogP contribution is -2.25. The van der Waals surface area contributed by atoms with E-state index in [9.17, 15) is 4.79 Å². The zero-order valence-electron chi connectivity index (χ0n) is 9.33. The summed E-state index contributed by atoms with van der Waals surface area (Å²) in [6.07, 6.45) is 1.94. The topological polar surface area (TPSA) is 26.3 Å². The van der Waals surface area contributed by atoms with Gasteiger partial charge in [0.2, 0.25) is 0 Å². The smallest absolute Gasteiger partial charge is 0.168 e. The Morgan fingerprint density at radius 3 is 2.94 bits per heavy atom. The monoisotopic (exact) mass is 282 g/mol. The Balaban J connectivity index is 2.19. The largest absolute Gasteiger partial charge is 0.381 e. The number of ketones is 1. The molecule has 1 fully saturated rings. The van der Waals surface area contributed by atoms with Gasteiger partial charge in [-0.1, -0.05) is 22.0 Å². The second-order valence-electron chi connectivity index (χ2n) is 4.24. The first kappa shape index (κ1) is 11.8. The van der Waals surface area contributed by atoms with Crippen LogP contribution in [0, 0.1) is 12.8 Å². The number of halogens is 1. The van der Waals surface area contributed by atoms with Gasteiger partial charge in [-0.15, -0.1) is 0 Å². The molecule has 1 aliphatic heterocycles. The number of Topliss-reactive ketones (excluding diaryl/α,β-unsaturated/α-hetero) is 1. The van der Waals surface area contributed by atoms with Crippen molar-refractivity contribution in [2.75, 3.05) is 13.2 Å². The predicted octanol–water partition coefficient (Wildman–Crippen LogP) is 3.37. The number of aryl methyl sites for hydroxylation is 1. The third kappa shape index (κ3) is 2.53. The number of carbonyl (C=O) groups excluding carboxylic acids is 1. The second kappa shape index (κ2) is 5.11. The molecule has 0 bridgehead atoms. The van der Waals surface area contributed by atoms with Crippen LogP contribution in [0.4, 0.5) is 0 Å². The van der Waals surface area contributed by atoms with Gasteiger partial charge in [-0.3, -0.25) is 4.79 Å².